The van der Waals surface area contributed by atoms with Gasteiger partial charge < -0.3 is 20.1 Å². The molecule has 1 aromatic carbocycles. The van der Waals surface area contributed by atoms with Gasteiger partial charge in [-0.3, -0.25) is 4.99 Å². The molecule has 0 radical (unpaired) electrons. The van der Waals surface area contributed by atoms with Crippen LogP contribution in [0.15, 0.2) is 23.2 Å². The zero-order valence-corrected chi connectivity index (χ0v) is 21.9. The number of benzene rings is 1. The lowest BCUT2D eigenvalue weighted by Gasteiger charge is -2.37. The third kappa shape index (κ3) is 6.63. The van der Waals surface area contributed by atoms with Gasteiger partial charge >= 0.3 is 0 Å². The van der Waals surface area contributed by atoms with Crippen molar-refractivity contribution in [1.82, 2.24) is 10.6 Å². The first-order chi connectivity index (χ1) is 14.4. The van der Waals surface area contributed by atoms with Crippen molar-refractivity contribution in [3.63, 3.8) is 0 Å². The maximum absolute atomic E-state index is 11.8. The van der Waals surface area contributed by atoms with Crippen LogP contribution >= 0.6 is 24.0 Å². The number of hydrogen-bond acceptors (Lipinski definition) is 5. The number of methoxy groups -OCH3 is 2. The van der Waals surface area contributed by atoms with Crippen molar-refractivity contribution in [3.05, 3.63) is 23.8 Å². The second-order valence-corrected chi connectivity index (χ2v) is 10.6. The van der Waals surface area contributed by atoms with Crippen LogP contribution in [0.3, 0.4) is 0 Å². The van der Waals surface area contributed by atoms with E-state index in [9.17, 15) is 8.42 Å². The summed E-state index contributed by atoms with van der Waals surface area (Å²) in [6.45, 7) is 3.40. The van der Waals surface area contributed by atoms with Gasteiger partial charge in [0.05, 0.1) is 32.3 Å². The van der Waals surface area contributed by atoms with E-state index < -0.39 is 9.84 Å². The van der Waals surface area contributed by atoms with Gasteiger partial charge in [0.25, 0.3) is 0 Å². The van der Waals surface area contributed by atoms with E-state index in [-0.39, 0.29) is 46.9 Å². The van der Waals surface area contributed by atoms with Crippen molar-refractivity contribution in [2.24, 2.45) is 4.99 Å². The minimum absolute atomic E-state index is 0. The molecule has 1 saturated carbocycles. The molecule has 176 valence electrons. The molecule has 1 aliphatic carbocycles. The average molecular weight is 566 g/mol. The standard InChI is InChI=1S/C22H35N3O4S.HI/c1-4-23-21(25-18-10-13-30(26,27)15-18)24-16-22(11-6-5-7-12-22)17-8-9-19(28-2)20(14-17)29-3;/h8-9,14,18H,4-7,10-13,15-16H2,1-3H3,(H2,23,24,25);1H. The van der Waals surface area contributed by atoms with Gasteiger partial charge in [-0.2, -0.15) is 0 Å². The predicted molar refractivity (Wildman–Crippen MR) is 136 cm³/mol. The van der Waals surface area contributed by atoms with E-state index in [0.29, 0.717) is 18.9 Å². The second kappa shape index (κ2) is 11.6. The van der Waals surface area contributed by atoms with Gasteiger partial charge in [0.2, 0.25) is 0 Å². The molecule has 1 atom stereocenters. The molecule has 0 aromatic heterocycles. The lowest BCUT2D eigenvalue weighted by Crippen LogP contribution is -2.45. The second-order valence-electron chi connectivity index (χ2n) is 8.35. The van der Waals surface area contributed by atoms with Gasteiger partial charge in [0.15, 0.2) is 27.3 Å². The molecule has 31 heavy (non-hydrogen) atoms. The summed E-state index contributed by atoms with van der Waals surface area (Å²) in [4.78, 5) is 4.92. The monoisotopic (exact) mass is 565 g/mol. The van der Waals surface area contributed by atoms with Gasteiger partial charge in [-0.25, -0.2) is 8.42 Å². The maximum atomic E-state index is 11.8. The Hall–Kier alpha value is -1.23. The van der Waals surface area contributed by atoms with Crippen molar-refractivity contribution in [2.75, 3.05) is 38.8 Å². The SMILES string of the molecule is CCNC(=NCC1(c2ccc(OC)c(OC)c2)CCCCC1)NC1CCS(=O)(=O)C1.I. The highest BCUT2D eigenvalue weighted by molar-refractivity contribution is 14.0. The number of sulfone groups is 1. The highest BCUT2D eigenvalue weighted by atomic mass is 127. The van der Waals surface area contributed by atoms with E-state index in [4.69, 9.17) is 14.5 Å². The molecule has 7 nitrogen and oxygen atoms in total. The maximum Gasteiger partial charge on any atom is 0.191 e. The van der Waals surface area contributed by atoms with E-state index in [1.807, 2.05) is 13.0 Å². The number of halogens is 1. The molecule has 0 amide bonds. The van der Waals surface area contributed by atoms with Crippen LogP contribution in [0.1, 0.15) is 51.0 Å². The van der Waals surface area contributed by atoms with E-state index in [1.54, 1.807) is 14.2 Å². The molecule has 1 aliphatic heterocycles. The van der Waals surface area contributed by atoms with Gasteiger partial charge in [-0.05, 0) is 43.9 Å². The van der Waals surface area contributed by atoms with Crippen molar-refractivity contribution < 1.29 is 17.9 Å². The van der Waals surface area contributed by atoms with E-state index >= 15 is 0 Å². The third-order valence-electron chi connectivity index (χ3n) is 6.26. The number of hydrogen-bond donors (Lipinski definition) is 2. The molecule has 1 heterocycles. The zero-order valence-electron chi connectivity index (χ0n) is 18.8. The number of rotatable bonds is 7. The lowest BCUT2D eigenvalue weighted by atomic mass is 9.69. The molecule has 1 unspecified atom stereocenters. The minimum Gasteiger partial charge on any atom is -0.493 e. The summed E-state index contributed by atoms with van der Waals surface area (Å²) in [6, 6.07) is 6.12. The summed E-state index contributed by atoms with van der Waals surface area (Å²) >= 11 is 0. The van der Waals surface area contributed by atoms with Crippen LogP contribution in [0.5, 0.6) is 11.5 Å². The molecular weight excluding hydrogens is 529 g/mol. The molecule has 1 aromatic rings. The zero-order chi connectivity index (χ0) is 21.6. The molecule has 2 aliphatic rings. The Labute approximate surface area is 203 Å². The summed E-state index contributed by atoms with van der Waals surface area (Å²) in [7, 11) is 0.380. The topological polar surface area (TPSA) is 89.0 Å². The fourth-order valence-corrected chi connectivity index (χ4v) is 6.26. The summed E-state index contributed by atoms with van der Waals surface area (Å²) in [5.74, 6) is 2.60. The number of nitrogens with zero attached hydrogens (tertiary/aromatic N) is 1. The lowest BCUT2D eigenvalue weighted by molar-refractivity contribution is 0.298. The van der Waals surface area contributed by atoms with Gasteiger partial charge in [0, 0.05) is 18.0 Å². The Bertz CT molecular complexity index is 854. The average Bonchev–Trinajstić information content (AvgIpc) is 3.10. The van der Waals surface area contributed by atoms with Gasteiger partial charge in [0.1, 0.15) is 0 Å². The Morgan fingerprint density at radius 2 is 1.87 bits per heavy atom. The normalized spacial score (nSPS) is 22.3. The van der Waals surface area contributed by atoms with Crippen LogP contribution in [0.2, 0.25) is 0 Å². The van der Waals surface area contributed by atoms with E-state index in [0.717, 1.165) is 30.9 Å². The van der Waals surface area contributed by atoms with Crippen LogP contribution < -0.4 is 20.1 Å². The van der Waals surface area contributed by atoms with E-state index in [1.165, 1.54) is 24.8 Å². The molecule has 0 bridgehead atoms. The number of aliphatic imine (C=N–C) groups is 1. The van der Waals surface area contributed by atoms with Gasteiger partial charge in [-0.1, -0.05) is 25.3 Å². The number of guanidine groups is 1. The Balaban J connectivity index is 0.00000341. The minimum atomic E-state index is -2.93. The summed E-state index contributed by atoms with van der Waals surface area (Å²) in [5, 5.41) is 6.62. The summed E-state index contributed by atoms with van der Waals surface area (Å²) < 4.78 is 34.6. The molecule has 1 saturated heterocycles. The molecule has 9 heteroatoms. The molecule has 3 rings (SSSR count). The highest BCUT2D eigenvalue weighted by Gasteiger charge is 2.35. The van der Waals surface area contributed by atoms with E-state index in [2.05, 4.69) is 22.8 Å². The first-order valence-electron chi connectivity index (χ1n) is 10.9. The predicted octanol–water partition coefficient (Wildman–Crippen LogP) is 3.27. The van der Waals surface area contributed by atoms with Crippen molar-refractivity contribution in [2.45, 2.75) is 56.9 Å². The third-order valence-corrected chi connectivity index (χ3v) is 8.03. The molecule has 2 N–H and O–H groups in total. The Morgan fingerprint density at radius 3 is 2.45 bits per heavy atom. The highest BCUT2D eigenvalue weighted by Crippen LogP contribution is 2.42. The number of ether oxygens (including phenoxy) is 2. The van der Waals surface area contributed by atoms with Crippen molar-refractivity contribution >= 4 is 39.8 Å². The fraction of sp³-hybridized carbons (Fsp3) is 0.682. The van der Waals surface area contributed by atoms with Crippen LogP contribution in [0.4, 0.5) is 0 Å². The number of nitrogens with one attached hydrogen (secondary N) is 2. The Kier molecular flexibility index (Phi) is 9.72. The first kappa shape index (κ1) is 26.0. The van der Waals surface area contributed by atoms with Gasteiger partial charge in [-0.15, -0.1) is 24.0 Å². The first-order valence-corrected chi connectivity index (χ1v) is 12.7. The fourth-order valence-electron chi connectivity index (χ4n) is 4.59. The summed E-state index contributed by atoms with van der Waals surface area (Å²) in [6.07, 6.45) is 6.38. The summed E-state index contributed by atoms with van der Waals surface area (Å²) in [5.41, 5.74) is 1.17. The van der Waals surface area contributed by atoms with Crippen LogP contribution in [0.25, 0.3) is 0 Å². The molecule has 0 spiro atoms. The largest absolute Gasteiger partial charge is 0.493 e. The van der Waals surface area contributed by atoms with Crippen molar-refractivity contribution in [3.8, 4) is 11.5 Å². The smallest absolute Gasteiger partial charge is 0.191 e. The Morgan fingerprint density at radius 1 is 1.16 bits per heavy atom. The quantitative estimate of drug-likeness (QED) is 0.300. The molecular formula is C22H36IN3O4S. The van der Waals surface area contributed by atoms with Crippen molar-refractivity contribution in [1.29, 1.82) is 0 Å². The molecule has 2 fully saturated rings. The van der Waals surface area contributed by atoms with Crippen LogP contribution in [-0.2, 0) is 15.3 Å². The van der Waals surface area contributed by atoms with Crippen LogP contribution in [-0.4, -0.2) is 59.2 Å². The van der Waals surface area contributed by atoms with Crippen LogP contribution in [0, 0.1) is 0 Å².